The minimum Gasteiger partial charge on any atom is -0.493 e. The van der Waals surface area contributed by atoms with Crippen LogP contribution in [0.4, 0.5) is 10.1 Å². The number of ether oxygens (including phenoxy) is 2. The van der Waals surface area contributed by atoms with E-state index in [1.807, 2.05) is 0 Å². The number of nitrogens with one attached hydrogen (secondary N) is 2. The minimum atomic E-state index is -1.02. The lowest BCUT2D eigenvalue weighted by Gasteiger charge is -2.10. The molecule has 0 radical (unpaired) electrons. The minimum absolute atomic E-state index is 0.178. The van der Waals surface area contributed by atoms with Crippen molar-refractivity contribution in [3.05, 3.63) is 88.7 Å². The van der Waals surface area contributed by atoms with Crippen LogP contribution in [-0.2, 0) is 9.59 Å². The van der Waals surface area contributed by atoms with Gasteiger partial charge in [-0.3, -0.25) is 9.59 Å². The number of benzene rings is 3. The number of halogens is 2. The Bertz CT molecular complexity index is 1200. The highest BCUT2D eigenvalue weighted by Crippen LogP contribution is 2.28. The van der Waals surface area contributed by atoms with Crippen LogP contribution in [0.15, 0.2) is 71.8 Å². The van der Waals surface area contributed by atoms with Gasteiger partial charge in [0.15, 0.2) is 11.5 Å². The van der Waals surface area contributed by atoms with Crippen LogP contribution in [0.5, 0.6) is 11.5 Å². The largest absolute Gasteiger partial charge is 0.493 e. The summed E-state index contributed by atoms with van der Waals surface area (Å²) in [5.74, 6) is -2.62. The number of rotatable bonds is 6. The predicted octanol–water partition coefficient (Wildman–Crippen LogP) is 3.80. The lowest BCUT2D eigenvalue weighted by molar-refractivity contribution is -0.136. The summed E-state index contributed by atoms with van der Waals surface area (Å²) in [6.45, 7) is 0. The van der Waals surface area contributed by atoms with Crippen LogP contribution in [0.25, 0.3) is 0 Å². The number of amides is 2. The SMILES string of the molecule is COc1cc(/C=N\NC(=O)C(=O)Nc2ccc(F)cc2)ccc1OC(=O)c1ccc(Cl)cc1. The smallest absolute Gasteiger partial charge is 0.343 e. The van der Waals surface area contributed by atoms with E-state index < -0.39 is 23.6 Å². The van der Waals surface area contributed by atoms with E-state index in [-0.39, 0.29) is 17.2 Å². The summed E-state index contributed by atoms with van der Waals surface area (Å²) in [7, 11) is 1.40. The Hall–Kier alpha value is -4.24. The second-order valence-electron chi connectivity index (χ2n) is 6.47. The standard InChI is InChI=1S/C23H17ClFN3O5/c1-32-20-12-14(2-11-19(20)33-23(31)15-3-5-16(24)6-4-15)13-26-28-22(30)21(29)27-18-9-7-17(25)8-10-18/h2-13H,1H3,(H,27,29)(H,28,30)/b26-13-. The maximum absolute atomic E-state index is 12.9. The maximum atomic E-state index is 12.9. The van der Waals surface area contributed by atoms with Crippen molar-refractivity contribution < 1.29 is 28.2 Å². The molecule has 33 heavy (non-hydrogen) atoms. The zero-order valence-electron chi connectivity index (χ0n) is 17.2. The monoisotopic (exact) mass is 469 g/mol. The van der Waals surface area contributed by atoms with Gasteiger partial charge >= 0.3 is 17.8 Å². The highest BCUT2D eigenvalue weighted by atomic mass is 35.5. The Morgan fingerprint density at radius 2 is 1.64 bits per heavy atom. The molecule has 0 spiro atoms. The number of nitrogens with zero attached hydrogens (tertiary/aromatic N) is 1. The van der Waals surface area contributed by atoms with Gasteiger partial charge in [-0.2, -0.15) is 5.10 Å². The second kappa shape index (κ2) is 10.9. The van der Waals surface area contributed by atoms with Crippen molar-refractivity contribution in [3.8, 4) is 11.5 Å². The van der Waals surface area contributed by atoms with Crippen LogP contribution in [0.2, 0.25) is 5.02 Å². The first kappa shape index (κ1) is 23.4. The lowest BCUT2D eigenvalue weighted by atomic mass is 10.2. The summed E-state index contributed by atoms with van der Waals surface area (Å²) in [5.41, 5.74) is 3.15. The van der Waals surface area contributed by atoms with Crippen molar-refractivity contribution in [1.29, 1.82) is 0 Å². The van der Waals surface area contributed by atoms with Crippen molar-refractivity contribution in [1.82, 2.24) is 5.43 Å². The number of hydrogen-bond donors (Lipinski definition) is 2. The summed E-state index contributed by atoms with van der Waals surface area (Å²) < 4.78 is 23.5. The van der Waals surface area contributed by atoms with E-state index >= 15 is 0 Å². The molecule has 3 aromatic rings. The first-order valence-electron chi connectivity index (χ1n) is 9.41. The van der Waals surface area contributed by atoms with Crippen molar-refractivity contribution in [2.45, 2.75) is 0 Å². The molecule has 0 heterocycles. The first-order valence-corrected chi connectivity index (χ1v) is 9.79. The van der Waals surface area contributed by atoms with Crippen molar-refractivity contribution in [2.75, 3.05) is 12.4 Å². The van der Waals surface area contributed by atoms with Gasteiger partial charge in [0, 0.05) is 10.7 Å². The van der Waals surface area contributed by atoms with Crippen LogP contribution in [0.3, 0.4) is 0 Å². The number of carbonyl (C=O) groups excluding carboxylic acids is 3. The lowest BCUT2D eigenvalue weighted by Crippen LogP contribution is -2.32. The van der Waals surface area contributed by atoms with Gasteiger partial charge in [-0.1, -0.05) is 11.6 Å². The molecule has 0 unspecified atom stereocenters. The van der Waals surface area contributed by atoms with E-state index in [1.54, 1.807) is 18.2 Å². The van der Waals surface area contributed by atoms with Gasteiger partial charge < -0.3 is 14.8 Å². The Kier molecular flexibility index (Phi) is 7.72. The molecule has 0 saturated heterocycles. The zero-order chi connectivity index (χ0) is 23.8. The van der Waals surface area contributed by atoms with Gasteiger partial charge in [-0.25, -0.2) is 14.6 Å². The molecule has 0 bridgehead atoms. The Balaban J connectivity index is 1.59. The van der Waals surface area contributed by atoms with E-state index in [0.717, 1.165) is 12.1 Å². The predicted molar refractivity (Wildman–Crippen MR) is 120 cm³/mol. The molecule has 2 amide bonds. The summed E-state index contributed by atoms with van der Waals surface area (Å²) in [6, 6.07) is 15.7. The molecule has 0 atom stereocenters. The summed E-state index contributed by atoms with van der Waals surface area (Å²) in [5, 5.41) is 6.52. The van der Waals surface area contributed by atoms with Crippen LogP contribution in [-0.4, -0.2) is 31.1 Å². The third kappa shape index (κ3) is 6.62. The van der Waals surface area contributed by atoms with E-state index in [9.17, 15) is 18.8 Å². The van der Waals surface area contributed by atoms with Crippen LogP contribution in [0, 0.1) is 5.82 Å². The van der Waals surface area contributed by atoms with Gasteiger partial charge in [-0.05, 0) is 72.3 Å². The molecule has 10 heteroatoms. The molecule has 0 aliphatic carbocycles. The Morgan fingerprint density at radius 3 is 2.30 bits per heavy atom. The van der Waals surface area contributed by atoms with Gasteiger partial charge in [0.1, 0.15) is 5.82 Å². The third-order valence-electron chi connectivity index (χ3n) is 4.16. The Labute approximate surface area is 193 Å². The van der Waals surface area contributed by atoms with Crippen LogP contribution in [0.1, 0.15) is 15.9 Å². The number of hydrazone groups is 1. The van der Waals surface area contributed by atoms with E-state index in [4.69, 9.17) is 21.1 Å². The van der Waals surface area contributed by atoms with Crippen molar-refractivity contribution >= 4 is 41.3 Å². The molecule has 0 aromatic heterocycles. The first-order chi connectivity index (χ1) is 15.9. The molecular formula is C23H17ClFN3O5. The van der Waals surface area contributed by atoms with Crippen molar-refractivity contribution in [3.63, 3.8) is 0 Å². The zero-order valence-corrected chi connectivity index (χ0v) is 17.9. The van der Waals surface area contributed by atoms with E-state index in [0.29, 0.717) is 16.1 Å². The normalized spacial score (nSPS) is 10.5. The van der Waals surface area contributed by atoms with Gasteiger partial charge in [-0.15, -0.1) is 0 Å². The van der Waals surface area contributed by atoms with Crippen LogP contribution < -0.4 is 20.2 Å². The molecule has 0 aliphatic rings. The summed E-state index contributed by atoms with van der Waals surface area (Å²) in [6.07, 6.45) is 1.27. The number of hydrogen-bond acceptors (Lipinski definition) is 6. The topological polar surface area (TPSA) is 106 Å². The fourth-order valence-electron chi connectivity index (χ4n) is 2.53. The van der Waals surface area contributed by atoms with Gasteiger partial charge in [0.05, 0.1) is 18.9 Å². The molecule has 8 nitrogen and oxygen atoms in total. The van der Waals surface area contributed by atoms with Crippen LogP contribution >= 0.6 is 11.6 Å². The number of esters is 1. The number of anilines is 1. The number of methoxy groups -OCH3 is 1. The summed E-state index contributed by atoms with van der Waals surface area (Å²) in [4.78, 5) is 36.0. The number of carbonyl (C=O) groups is 3. The van der Waals surface area contributed by atoms with E-state index in [1.165, 1.54) is 49.7 Å². The molecule has 0 saturated carbocycles. The average molecular weight is 470 g/mol. The molecule has 3 aromatic carbocycles. The quantitative estimate of drug-likeness (QED) is 0.188. The molecular weight excluding hydrogens is 453 g/mol. The fourth-order valence-corrected chi connectivity index (χ4v) is 2.66. The highest BCUT2D eigenvalue weighted by molar-refractivity contribution is 6.39. The average Bonchev–Trinajstić information content (AvgIpc) is 2.81. The molecule has 168 valence electrons. The molecule has 0 aliphatic heterocycles. The molecule has 0 fully saturated rings. The Morgan fingerprint density at radius 1 is 0.939 bits per heavy atom. The van der Waals surface area contributed by atoms with Gasteiger partial charge in [0.25, 0.3) is 0 Å². The third-order valence-corrected chi connectivity index (χ3v) is 4.41. The highest BCUT2D eigenvalue weighted by Gasteiger charge is 2.14. The second-order valence-corrected chi connectivity index (χ2v) is 6.90. The fraction of sp³-hybridized carbons (Fsp3) is 0.0435. The maximum Gasteiger partial charge on any atom is 0.343 e. The van der Waals surface area contributed by atoms with E-state index in [2.05, 4.69) is 15.8 Å². The molecule has 3 rings (SSSR count). The van der Waals surface area contributed by atoms with Crippen molar-refractivity contribution in [2.24, 2.45) is 5.10 Å². The summed E-state index contributed by atoms with van der Waals surface area (Å²) >= 11 is 5.82. The molecule has 2 N–H and O–H groups in total. The van der Waals surface area contributed by atoms with Gasteiger partial charge in [0.2, 0.25) is 0 Å².